The van der Waals surface area contributed by atoms with E-state index in [1.807, 2.05) is 6.08 Å². The van der Waals surface area contributed by atoms with Crippen molar-refractivity contribution in [3.63, 3.8) is 0 Å². The van der Waals surface area contributed by atoms with Gasteiger partial charge in [0.25, 0.3) is 11.8 Å². The molecule has 0 bridgehead atoms. The molecule has 4 rings (SSSR count). The minimum atomic E-state index is -0.180. The number of hydrogen-bond donors (Lipinski definition) is 1. The topological polar surface area (TPSA) is 74.2 Å². The van der Waals surface area contributed by atoms with Crippen molar-refractivity contribution in [1.29, 1.82) is 0 Å². The molecule has 2 saturated heterocycles. The second kappa shape index (κ2) is 10.9. The zero-order valence-corrected chi connectivity index (χ0v) is 19.3. The van der Waals surface area contributed by atoms with Crippen molar-refractivity contribution in [2.24, 2.45) is 16.8 Å². The van der Waals surface area contributed by atoms with E-state index in [0.29, 0.717) is 37.2 Å². The first kappa shape index (κ1) is 23.4. The third kappa shape index (κ3) is 5.79. The van der Waals surface area contributed by atoms with Crippen molar-refractivity contribution >= 4 is 17.5 Å². The summed E-state index contributed by atoms with van der Waals surface area (Å²) in [5.74, 6) is 0.587. The average Bonchev–Trinajstić information content (AvgIpc) is 3.27. The third-order valence-electron chi connectivity index (χ3n) is 6.97. The van der Waals surface area contributed by atoms with Crippen LogP contribution in [0.2, 0.25) is 0 Å². The van der Waals surface area contributed by atoms with Crippen LogP contribution in [0.15, 0.2) is 41.0 Å². The Morgan fingerprint density at radius 1 is 1.18 bits per heavy atom. The largest absolute Gasteiger partial charge is 0.351 e. The Labute approximate surface area is 194 Å². The predicted octanol–water partition coefficient (Wildman–Crippen LogP) is 3.38. The van der Waals surface area contributed by atoms with E-state index in [-0.39, 0.29) is 23.1 Å². The zero-order chi connectivity index (χ0) is 23.2. The summed E-state index contributed by atoms with van der Waals surface area (Å²) < 4.78 is 12.7. The van der Waals surface area contributed by atoms with Crippen LogP contribution in [0, 0.1) is 11.8 Å². The van der Waals surface area contributed by atoms with Crippen LogP contribution in [0.1, 0.15) is 48.9 Å². The predicted molar refractivity (Wildman–Crippen MR) is 125 cm³/mol. The molecule has 0 radical (unpaired) electrons. The number of aliphatic imine (C=N–C) groups is 1. The van der Waals surface area contributed by atoms with Crippen LogP contribution >= 0.6 is 0 Å². The second-order valence-corrected chi connectivity index (χ2v) is 9.33. The molecule has 1 aromatic rings. The molecule has 3 heterocycles. The number of hydrogen-bond acceptors (Lipinski definition) is 5. The van der Waals surface area contributed by atoms with Gasteiger partial charge in [-0.25, -0.2) is 0 Å². The van der Waals surface area contributed by atoms with Crippen molar-refractivity contribution < 1.29 is 19.1 Å². The third-order valence-corrected chi connectivity index (χ3v) is 6.97. The maximum absolute atomic E-state index is 12.7. The lowest BCUT2D eigenvalue weighted by Crippen LogP contribution is -2.38. The number of fused-ring (bicyclic) bond motifs is 1. The number of rotatable bonds is 8. The summed E-state index contributed by atoms with van der Waals surface area (Å²) in [6.07, 6.45) is 7.89. The number of halogens is 1. The van der Waals surface area contributed by atoms with Crippen molar-refractivity contribution in [3.05, 3.63) is 41.6 Å². The number of carbonyl (C=O) groups excluding carboxylic acids is 2. The molecular formula is C25H33FN4O3. The SMILES string of the molecule is CN1CCC2=NC(C(=O)NCCCCC3CCN(C(=O)c4ccccc4OF)CC3)=CC2C1. The molecule has 0 aliphatic carbocycles. The van der Waals surface area contributed by atoms with Crippen LogP contribution in [0.3, 0.4) is 0 Å². The number of benzene rings is 1. The number of amides is 2. The van der Waals surface area contributed by atoms with Gasteiger partial charge in [0, 0.05) is 48.9 Å². The summed E-state index contributed by atoms with van der Waals surface area (Å²) >= 11 is 0. The summed E-state index contributed by atoms with van der Waals surface area (Å²) in [4.78, 5) is 37.6. The maximum Gasteiger partial charge on any atom is 0.269 e. The quantitative estimate of drug-likeness (QED) is 0.609. The lowest BCUT2D eigenvalue weighted by Gasteiger charge is -2.32. The second-order valence-electron chi connectivity index (χ2n) is 9.33. The molecule has 3 aliphatic heterocycles. The monoisotopic (exact) mass is 456 g/mol. The molecule has 0 aromatic heterocycles. The van der Waals surface area contributed by atoms with E-state index in [1.165, 1.54) is 6.07 Å². The van der Waals surface area contributed by atoms with Gasteiger partial charge in [0.1, 0.15) is 5.70 Å². The number of piperidine rings is 2. The Hall–Kier alpha value is -2.74. The molecule has 0 spiro atoms. The number of carbonyl (C=O) groups is 2. The highest BCUT2D eigenvalue weighted by Gasteiger charge is 2.29. The summed E-state index contributed by atoms with van der Waals surface area (Å²) in [6, 6.07) is 6.41. The number of unbranched alkanes of at least 4 members (excludes halogenated alkanes) is 1. The van der Waals surface area contributed by atoms with Gasteiger partial charge in [0.15, 0.2) is 5.75 Å². The maximum atomic E-state index is 12.7. The smallest absolute Gasteiger partial charge is 0.269 e. The van der Waals surface area contributed by atoms with Crippen molar-refractivity contribution in [3.8, 4) is 5.75 Å². The molecule has 178 valence electrons. The zero-order valence-electron chi connectivity index (χ0n) is 19.3. The number of nitrogens with one attached hydrogen (secondary N) is 1. The van der Waals surface area contributed by atoms with E-state index >= 15 is 0 Å². The molecule has 33 heavy (non-hydrogen) atoms. The first-order chi connectivity index (χ1) is 16.0. The first-order valence-electron chi connectivity index (χ1n) is 12.0. The molecule has 3 aliphatic rings. The van der Waals surface area contributed by atoms with E-state index in [1.54, 1.807) is 23.1 Å². The fourth-order valence-electron chi connectivity index (χ4n) is 4.98. The van der Waals surface area contributed by atoms with Gasteiger partial charge >= 0.3 is 0 Å². The van der Waals surface area contributed by atoms with Gasteiger partial charge in [0.2, 0.25) is 0 Å². The van der Waals surface area contributed by atoms with E-state index < -0.39 is 0 Å². The normalized spacial score (nSPS) is 21.3. The standard InChI is InChI=1S/C25H33FN4O3/c1-29-13-11-21-19(17-29)16-22(28-21)24(31)27-12-5-4-6-18-9-14-30(15-10-18)25(32)20-7-2-3-8-23(20)33-26/h2-3,7-8,16,18-19H,4-6,9-15,17H2,1H3,(H,27,31). The molecule has 2 fully saturated rings. The van der Waals surface area contributed by atoms with E-state index in [9.17, 15) is 14.1 Å². The fourth-order valence-corrected chi connectivity index (χ4v) is 4.98. The van der Waals surface area contributed by atoms with Crippen LogP contribution < -0.4 is 10.3 Å². The van der Waals surface area contributed by atoms with Crippen LogP contribution in [0.4, 0.5) is 4.53 Å². The van der Waals surface area contributed by atoms with Gasteiger partial charge in [-0.1, -0.05) is 25.0 Å². The lowest BCUT2D eigenvalue weighted by molar-refractivity contribution is -0.117. The Kier molecular flexibility index (Phi) is 7.75. The van der Waals surface area contributed by atoms with Crippen molar-refractivity contribution in [2.45, 2.75) is 38.5 Å². The summed E-state index contributed by atoms with van der Waals surface area (Å²) in [6.45, 7) is 3.95. The first-order valence-corrected chi connectivity index (χ1v) is 12.0. The Balaban J connectivity index is 1.12. The highest BCUT2D eigenvalue weighted by atomic mass is 19.3. The minimum Gasteiger partial charge on any atom is -0.351 e. The fraction of sp³-hybridized carbons (Fsp3) is 0.560. The van der Waals surface area contributed by atoms with Gasteiger partial charge in [0.05, 0.1) is 5.56 Å². The molecule has 1 aromatic carbocycles. The van der Waals surface area contributed by atoms with Gasteiger partial charge in [-0.15, -0.1) is 0 Å². The van der Waals surface area contributed by atoms with Gasteiger partial charge in [-0.3, -0.25) is 19.5 Å². The number of nitrogens with zero attached hydrogens (tertiary/aromatic N) is 3. The van der Waals surface area contributed by atoms with Crippen molar-refractivity contribution in [1.82, 2.24) is 15.1 Å². The van der Waals surface area contributed by atoms with Gasteiger partial charge in [-0.05, 0) is 56.9 Å². The molecule has 1 N–H and O–H groups in total. The van der Waals surface area contributed by atoms with Gasteiger partial charge < -0.3 is 15.1 Å². The van der Waals surface area contributed by atoms with Crippen molar-refractivity contribution in [2.75, 3.05) is 39.8 Å². The average molecular weight is 457 g/mol. The number of likely N-dealkylation sites (tertiary alicyclic amines) is 2. The molecular weight excluding hydrogens is 423 g/mol. The molecule has 1 unspecified atom stereocenters. The summed E-state index contributed by atoms with van der Waals surface area (Å²) in [5, 5.41) is 3.01. The van der Waals surface area contributed by atoms with E-state index in [0.717, 1.165) is 57.3 Å². The molecule has 8 heteroatoms. The van der Waals surface area contributed by atoms with Crippen LogP contribution in [-0.4, -0.2) is 67.1 Å². The molecule has 1 atom stereocenters. The Morgan fingerprint density at radius 2 is 1.97 bits per heavy atom. The highest BCUT2D eigenvalue weighted by Crippen LogP contribution is 2.27. The van der Waals surface area contributed by atoms with Crippen LogP contribution in [0.25, 0.3) is 0 Å². The Bertz CT molecular complexity index is 924. The van der Waals surface area contributed by atoms with Crippen LogP contribution in [0.5, 0.6) is 5.75 Å². The van der Waals surface area contributed by atoms with Gasteiger partial charge in [-0.2, -0.15) is 0 Å². The minimum absolute atomic E-state index is 0.0301. The molecule has 2 amide bonds. The van der Waals surface area contributed by atoms with E-state index in [2.05, 4.69) is 27.2 Å². The van der Waals surface area contributed by atoms with Crippen LogP contribution in [-0.2, 0) is 4.79 Å². The molecule has 7 nitrogen and oxygen atoms in total. The summed E-state index contributed by atoms with van der Waals surface area (Å²) in [5.41, 5.74) is 1.98. The lowest BCUT2D eigenvalue weighted by atomic mass is 9.91. The highest BCUT2D eigenvalue weighted by molar-refractivity contribution is 6.02. The molecule has 0 saturated carbocycles. The van der Waals surface area contributed by atoms with E-state index in [4.69, 9.17) is 0 Å². The summed E-state index contributed by atoms with van der Waals surface area (Å²) in [7, 11) is 2.10. The number of para-hydroxylation sites is 1. The Morgan fingerprint density at radius 3 is 2.76 bits per heavy atom.